The van der Waals surface area contributed by atoms with Crippen LogP contribution in [0.3, 0.4) is 0 Å². The number of anilines is 1. The number of benzene rings is 2. The maximum absolute atomic E-state index is 13.7. The van der Waals surface area contributed by atoms with E-state index in [2.05, 4.69) is 19.9 Å². The van der Waals surface area contributed by atoms with Gasteiger partial charge in [-0.2, -0.15) is 5.10 Å². The third-order valence-corrected chi connectivity index (χ3v) is 8.21. The summed E-state index contributed by atoms with van der Waals surface area (Å²) in [5.74, 6) is 1.49. The Morgan fingerprint density at radius 2 is 1.74 bits per heavy atom. The maximum atomic E-state index is 13.7. The highest BCUT2D eigenvalue weighted by Crippen LogP contribution is 2.46. The number of amides is 2. The third kappa shape index (κ3) is 4.34. The predicted octanol–water partition coefficient (Wildman–Crippen LogP) is 4.44. The molecular formula is C30H35N3O5. The van der Waals surface area contributed by atoms with Gasteiger partial charge in [-0.25, -0.2) is 5.01 Å². The van der Waals surface area contributed by atoms with Crippen molar-refractivity contribution in [3.8, 4) is 11.5 Å². The molecule has 1 saturated heterocycles. The molecule has 38 heavy (non-hydrogen) atoms. The summed E-state index contributed by atoms with van der Waals surface area (Å²) in [5, 5.41) is 6.58. The Hall–Kier alpha value is -3.39. The molecule has 2 atom stereocenters. The summed E-state index contributed by atoms with van der Waals surface area (Å²) in [7, 11) is 1.66. The molecule has 1 aliphatic carbocycles. The van der Waals surface area contributed by atoms with Crippen LogP contribution in [-0.2, 0) is 16.0 Å². The van der Waals surface area contributed by atoms with Gasteiger partial charge < -0.3 is 19.1 Å². The number of nitrogens with zero attached hydrogens (tertiary/aromatic N) is 3. The number of ether oxygens (including phenoxy) is 3. The maximum Gasteiger partial charge on any atom is 0.254 e. The summed E-state index contributed by atoms with van der Waals surface area (Å²) in [5.41, 5.74) is 4.02. The number of carbonyl (C=O) groups is 2. The Kier molecular flexibility index (Phi) is 6.38. The van der Waals surface area contributed by atoms with Crippen molar-refractivity contribution in [3.05, 3.63) is 53.1 Å². The minimum absolute atomic E-state index is 0.0160. The number of methoxy groups -OCH3 is 1. The zero-order chi connectivity index (χ0) is 26.4. The van der Waals surface area contributed by atoms with Gasteiger partial charge in [-0.05, 0) is 63.1 Å². The Bertz CT molecular complexity index is 1280. The number of rotatable bonds is 4. The molecule has 0 bridgehead atoms. The Morgan fingerprint density at radius 3 is 2.45 bits per heavy atom. The van der Waals surface area contributed by atoms with Gasteiger partial charge in [0.05, 0.1) is 31.7 Å². The van der Waals surface area contributed by atoms with Gasteiger partial charge in [-0.1, -0.05) is 12.8 Å². The quantitative estimate of drug-likeness (QED) is 0.599. The van der Waals surface area contributed by atoms with Crippen LogP contribution in [0.25, 0.3) is 0 Å². The van der Waals surface area contributed by atoms with Crippen LogP contribution >= 0.6 is 0 Å². The molecule has 1 saturated carbocycles. The zero-order valence-corrected chi connectivity index (χ0v) is 22.4. The molecule has 3 aliphatic heterocycles. The second-order valence-electron chi connectivity index (χ2n) is 11.2. The molecule has 0 N–H and O–H groups in total. The number of hydrogen-bond donors (Lipinski definition) is 0. The molecule has 200 valence electrons. The monoisotopic (exact) mass is 517 g/mol. The van der Waals surface area contributed by atoms with E-state index >= 15 is 0 Å². The van der Waals surface area contributed by atoms with Crippen LogP contribution in [0.1, 0.15) is 61.0 Å². The fraction of sp³-hybridized carbons (Fsp3) is 0.500. The zero-order valence-electron chi connectivity index (χ0n) is 22.4. The van der Waals surface area contributed by atoms with E-state index < -0.39 is 0 Å². The highest BCUT2D eigenvalue weighted by Gasteiger charge is 2.44. The van der Waals surface area contributed by atoms with Crippen molar-refractivity contribution < 1.29 is 23.8 Å². The highest BCUT2D eigenvalue weighted by atomic mass is 16.5. The second kappa shape index (κ2) is 9.73. The topological polar surface area (TPSA) is 80.7 Å². The molecule has 2 aromatic rings. The molecule has 2 fully saturated rings. The third-order valence-electron chi connectivity index (χ3n) is 8.21. The van der Waals surface area contributed by atoms with E-state index in [1.54, 1.807) is 29.2 Å². The Balaban J connectivity index is 1.38. The molecule has 2 amide bonds. The minimum atomic E-state index is -0.342. The van der Waals surface area contributed by atoms with E-state index in [9.17, 15) is 9.59 Å². The molecule has 0 radical (unpaired) electrons. The fourth-order valence-corrected chi connectivity index (χ4v) is 6.31. The summed E-state index contributed by atoms with van der Waals surface area (Å²) in [6.45, 7) is 6.46. The molecule has 3 heterocycles. The molecule has 6 rings (SSSR count). The Labute approximate surface area is 223 Å². The average molecular weight is 518 g/mol. The van der Waals surface area contributed by atoms with Gasteiger partial charge >= 0.3 is 0 Å². The lowest BCUT2D eigenvalue weighted by Gasteiger charge is -2.39. The van der Waals surface area contributed by atoms with Crippen molar-refractivity contribution in [1.82, 2.24) is 4.90 Å². The van der Waals surface area contributed by atoms with Gasteiger partial charge in [0.2, 0.25) is 0 Å². The average Bonchev–Trinajstić information content (AvgIpc) is 3.28. The number of fused-ring (bicyclic) bond motifs is 2. The van der Waals surface area contributed by atoms with Crippen LogP contribution in [0.15, 0.2) is 41.5 Å². The van der Waals surface area contributed by atoms with Crippen molar-refractivity contribution >= 4 is 23.2 Å². The van der Waals surface area contributed by atoms with Crippen molar-refractivity contribution in [3.63, 3.8) is 0 Å². The normalized spacial score (nSPS) is 24.3. The lowest BCUT2D eigenvalue weighted by molar-refractivity contribution is -0.124. The molecular weight excluding hydrogens is 482 g/mol. The molecule has 2 aromatic carbocycles. The molecule has 2 unspecified atom stereocenters. The Morgan fingerprint density at radius 1 is 1.03 bits per heavy atom. The predicted molar refractivity (Wildman–Crippen MR) is 144 cm³/mol. The van der Waals surface area contributed by atoms with Gasteiger partial charge in [0.1, 0.15) is 5.60 Å². The fourth-order valence-electron chi connectivity index (χ4n) is 6.31. The first-order valence-electron chi connectivity index (χ1n) is 13.6. The highest BCUT2D eigenvalue weighted by molar-refractivity contribution is 6.12. The minimum Gasteiger partial charge on any atom is -0.493 e. The lowest BCUT2D eigenvalue weighted by Crippen LogP contribution is -2.46. The van der Waals surface area contributed by atoms with Gasteiger partial charge in [0.25, 0.3) is 11.8 Å². The van der Waals surface area contributed by atoms with E-state index in [4.69, 9.17) is 19.3 Å². The van der Waals surface area contributed by atoms with Crippen molar-refractivity contribution in [1.29, 1.82) is 0 Å². The van der Waals surface area contributed by atoms with E-state index in [1.165, 1.54) is 0 Å². The first-order chi connectivity index (χ1) is 18.4. The first-order valence-corrected chi connectivity index (χ1v) is 13.6. The summed E-state index contributed by atoms with van der Waals surface area (Å²) < 4.78 is 17.3. The van der Waals surface area contributed by atoms with Gasteiger partial charge in [0, 0.05) is 48.0 Å². The number of hydrogen-bond acceptors (Lipinski definition) is 6. The second-order valence-corrected chi connectivity index (χ2v) is 11.2. The van der Waals surface area contributed by atoms with Gasteiger partial charge in [-0.15, -0.1) is 0 Å². The molecule has 0 aromatic heterocycles. The van der Waals surface area contributed by atoms with E-state index in [-0.39, 0.29) is 29.3 Å². The van der Waals surface area contributed by atoms with Crippen LogP contribution in [0.2, 0.25) is 0 Å². The van der Waals surface area contributed by atoms with E-state index in [1.807, 2.05) is 18.2 Å². The van der Waals surface area contributed by atoms with Crippen molar-refractivity contribution in [2.75, 3.05) is 38.4 Å². The number of hydrazone groups is 1. The summed E-state index contributed by atoms with van der Waals surface area (Å²) in [6, 6.07) is 11.3. The lowest BCUT2D eigenvalue weighted by atomic mass is 9.72. The molecule has 0 spiro atoms. The SMILES string of the molecule is COc1ccc(C2=NN(c3ccc(C(=O)N4CCOCC4)cc3)C(=O)C3CCCCC23)c2c1OC(C)(C)C2. The van der Waals surface area contributed by atoms with Crippen LogP contribution in [0.4, 0.5) is 5.69 Å². The van der Waals surface area contributed by atoms with Gasteiger partial charge in [0.15, 0.2) is 11.5 Å². The van der Waals surface area contributed by atoms with Crippen LogP contribution < -0.4 is 14.5 Å². The van der Waals surface area contributed by atoms with E-state index in [0.29, 0.717) is 37.6 Å². The van der Waals surface area contributed by atoms with Crippen molar-refractivity contribution in [2.45, 2.75) is 51.6 Å². The molecule has 8 nitrogen and oxygen atoms in total. The number of morpholine rings is 1. The summed E-state index contributed by atoms with van der Waals surface area (Å²) >= 11 is 0. The first kappa shape index (κ1) is 24.9. The smallest absolute Gasteiger partial charge is 0.254 e. The van der Waals surface area contributed by atoms with Crippen molar-refractivity contribution in [2.24, 2.45) is 16.9 Å². The number of carbonyl (C=O) groups excluding carboxylic acids is 2. The van der Waals surface area contributed by atoms with Crippen LogP contribution in [-0.4, -0.2) is 61.4 Å². The van der Waals surface area contributed by atoms with E-state index in [0.717, 1.165) is 60.4 Å². The van der Waals surface area contributed by atoms with Crippen LogP contribution in [0.5, 0.6) is 11.5 Å². The van der Waals surface area contributed by atoms with Crippen LogP contribution in [0, 0.1) is 11.8 Å². The van der Waals surface area contributed by atoms with Gasteiger partial charge in [-0.3, -0.25) is 9.59 Å². The standard InChI is InChI=1S/C30H35N3O5/c1-30(2)18-24-22(12-13-25(36-3)27(24)38-30)26-21-6-4-5-7-23(21)29(35)33(31-26)20-10-8-19(9-11-20)28(34)32-14-16-37-17-15-32/h8-13,21,23H,4-7,14-18H2,1-3H3. The summed E-state index contributed by atoms with van der Waals surface area (Å²) in [6.07, 6.45) is 4.68. The molecule has 4 aliphatic rings. The summed E-state index contributed by atoms with van der Waals surface area (Å²) in [4.78, 5) is 28.5. The molecule has 8 heteroatoms. The largest absolute Gasteiger partial charge is 0.493 e.